The summed E-state index contributed by atoms with van der Waals surface area (Å²) in [6, 6.07) is 8.58. The summed E-state index contributed by atoms with van der Waals surface area (Å²) in [7, 11) is 6.28. The first-order chi connectivity index (χ1) is 22.4. The molecule has 0 radical (unpaired) electrons. The van der Waals surface area contributed by atoms with Crippen molar-refractivity contribution in [2.75, 3.05) is 33.1 Å². The number of primary amides is 1. The van der Waals surface area contributed by atoms with Gasteiger partial charge in [-0.05, 0) is 57.6 Å². The van der Waals surface area contributed by atoms with Gasteiger partial charge in [-0.25, -0.2) is 4.79 Å². The topological polar surface area (TPSA) is 259 Å². The number of ether oxygens (including phenoxy) is 1. The van der Waals surface area contributed by atoms with Gasteiger partial charge in [0.05, 0.1) is 34.3 Å². The van der Waals surface area contributed by atoms with E-state index in [2.05, 4.69) is 5.32 Å². The molecule has 2 amide bonds. The predicted octanol–water partition coefficient (Wildman–Crippen LogP) is 0.569. The number of aliphatic hydroxyl groups excluding tert-OH is 2. The van der Waals surface area contributed by atoms with Crippen molar-refractivity contribution in [2.24, 2.45) is 22.6 Å². The van der Waals surface area contributed by atoms with E-state index in [4.69, 9.17) is 21.9 Å². The molecule has 3 aliphatic carbocycles. The highest BCUT2D eigenvalue weighted by Crippen LogP contribution is 2.59. The maximum absolute atomic E-state index is 14.6. The predicted molar refractivity (Wildman–Crippen MR) is 173 cm³/mol. The second-order valence-corrected chi connectivity index (χ2v) is 13.0. The van der Waals surface area contributed by atoms with Crippen LogP contribution in [0.2, 0.25) is 0 Å². The van der Waals surface area contributed by atoms with Crippen LogP contribution < -0.4 is 32.2 Å². The summed E-state index contributed by atoms with van der Waals surface area (Å²) >= 11 is 0. The van der Waals surface area contributed by atoms with E-state index in [0.29, 0.717) is 17.0 Å². The summed E-state index contributed by atoms with van der Waals surface area (Å²) in [5.74, 6) is -5.86. The van der Waals surface area contributed by atoms with Gasteiger partial charge in [-0.1, -0.05) is 17.7 Å². The molecular formula is C33H37N7O8. The number of likely N-dealkylation sites (N-methyl/N-ethyl adjacent to an activating group) is 1. The third-order valence-electron chi connectivity index (χ3n) is 9.44. The van der Waals surface area contributed by atoms with Crippen LogP contribution in [-0.2, 0) is 27.3 Å². The minimum atomic E-state index is -2.78. The highest BCUT2D eigenvalue weighted by molar-refractivity contribution is 6.25. The highest BCUT2D eigenvalue weighted by atomic mass is 16.6. The molecular weight excluding hydrogens is 622 g/mol. The van der Waals surface area contributed by atoms with Crippen LogP contribution in [0, 0.1) is 23.7 Å². The molecule has 0 saturated heterocycles. The quantitative estimate of drug-likeness (QED) is 0.210. The number of Topliss-reactive ketones (excluding diaryl/α,β-unsaturated/α-hetero) is 2. The number of hydrogen-bond acceptors (Lipinski definition) is 13. The van der Waals surface area contributed by atoms with Gasteiger partial charge in [0.25, 0.3) is 5.91 Å². The maximum Gasteiger partial charge on any atom is 0.412 e. The smallest absolute Gasteiger partial charge is 0.412 e. The number of hydrogen-bond donors (Lipinski definition) is 7. The fourth-order valence-electron chi connectivity index (χ4n) is 7.39. The summed E-state index contributed by atoms with van der Waals surface area (Å²) in [4.78, 5) is 56.2. The molecule has 1 fully saturated rings. The normalized spacial score (nSPS) is 26.4. The minimum Gasteiger partial charge on any atom is -0.509 e. The molecule has 0 bridgehead atoms. The van der Waals surface area contributed by atoms with Crippen LogP contribution in [0.1, 0.15) is 28.7 Å². The second kappa shape index (κ2) is 11.4. The van der Waals surface area contributed by atoms with E-state index in [9.17, 15) is 39.8 Å². The molecule has 0 unspecified atom stereocenters. The van der Waals surface area contributed by atoms with Crippen LogP contribution >= 0.6 is 0 Å². The summed E-state index contributed by atoms with van der Waals surface area (Å²) in [5, 5.41) is 47.9. The lowest BCUT2D eigenvalue weighted by atomic mass is 9.47. The molecule has 2 aromatic carbocycles. The number of benzene rings is 2. The minimum absolute atomic E-state index is 0.135. The summed E-state index contributed by atoms with van der Waals surface area (Å²) in [6.07, 6.45) is -1.52. The van der Waals surface area contributed by atoms with Crippen molar-refractivity contribution < 1.29 is 39.2 Å². The van der Waals surface area contributed by atoms with Gasteiger partial charge in [0.15, 0.2) is 17.0 Å². The molecule has 15 heteroatoms. The van der Waals surface area contributed by atoms with Crippen molar-refractivity contribution in [2.45, 2.75) is 43.4 Å². The van der Waals surface area contributed by atoms with E-state index in [1.54, 1.807) is 55.4 Å². The van der Waals surface area contributed by atoms with Gasteiger partial charge in [-0.2, -0.15) is 5.26 Å². The highest BCUT2D eigenvalue weighted by Gasteiger charge is 2.74. The number of aryl methyl sites for hydroxylation is 1. The van der Waals surface area contributed by atoms with E-state index < -0.39 is 80.9 Å². The molecule has 3 aliphatic rings. The number of nitrogens with one attached hydrogen (secondary N) is 1. The first-order valence-corrected chi connectivity index (χ1v) is 14.9. The standard InChI is InChI=1S/C33H37N7O8/c1-15-6-8-17(9-7-15)48-30(47)38-12-16-10-19(39(2)3)18-11-31(36)13-33(37)26(40(4)5)25(43)21(29(35)46)27(44)32(33,14-34)28(45)22(31)24(42)20(18)23(16)41/h6-10,26,41-42,44H,11-13,36-37H2,1-5H3,(H2,35,46)(H,38,47)/t26-,31-,32+,33-/m1/s1. The van der Waals surface area contributed by atoms with Gasteiger partial charge in [0, 0.05) is 31.9 Å². The Morgan fingerprint density at radius 3 is 2.27 bits per heavy atom. The summed E-state index contributed by atoms with van der Waals surface area (Å²) < 4.78 is 5.30. The summed E-state index contributed by atoms with van der Waals surface area (Å²) in [6.45, 7) is 1.62. The van der Waals surface area contributed by atoms with Crippen LogP contribution in [-0.4, -0.2) is 89.1 Å². The molecule has 0 heterocycles. The van der Waals surface area contributed by atoms with Crippen molar-refractivity contribution >= 4 is 35.0 Å². The van der Waals surface area contributed by atoms with Crippen LogP contribution in [0.15, 0.2) is 47.2 Å². The third-order valence-corrected chi connectivity index (χ3v) is 9.44. The monoisotopic (exact) mass is 659 g/mol. The molecule has 2 aromatic rings. The van der Waals surface area contributed by atoms with E-state index in [0.717, 1.165) is 5.56 Å². The first-order valence-electron chi connectivity index (χ1n) is 14.9. The van der Waals surface area contributed by atoms with E-state index in [1.807, 2.05) is 6.92 Å². The molecule has 1 saturated carbocycles. The molecule has 10 N–H and O–H groups in total. The van der Waals surface area contributed by atoms with Gasteiger partial charge < -0.3 is 47.5 Å². The zero-order valence-electron chi connectivity index (χ0n) is 27.0. The van der Waals surface area contributed by atoms with Gasteiger partial charge in [-0.3, -0.25) is 19.3 Å². The number of nitrogens with zero attached hydrogens (tertiary/aromatic N) is 3. The molecule has 252 valence electrons. The average Bonchev–Trinajstić information content (AvgIpc) is 2.96. The number of nitriles is 1. The summed E-state index contributed by atoms with van der Waals surface area (Å²) in [5.41, 5.74) is 12.6. The van der Waals surface area contributed by atoms with Crippen molar-refractivity contribution in [3.8, 4) is 17.6 Å². The molecule has 4 atom stereocenters. The zero-order chi connectivity index (χ0) is 35.7. The number of carbonyl (C=O) groups is 4. The number of amides is 2. The molecule has 0 aliphatic heterocycles. The largest absolute Gasteiger partial charge is 0.509 e. The van der Waals surface area contributed by atoms with Gasteiger partial charge >= 0.3 is 6.09 Å². The van der Waals surface area contributed by atoms with Crippen molar-refractivity contribution in [3.63, 3.8) is 0 Å². The number of aliphatic hydroxyl groups is 2. The molecule has 0 spiro atoms. The SMILES string of the molecule is Cc1ccc(OC(=O)NCc2cc(N(C)C)c3c(c2O)C(O)=C2C(=O)[C@]4(C#N)C(O)=C(C(N)=O)C(=O)[C@@H](N(C)C)[C@]4(N)C[C@]2(N)C3)cc1. The average molecular weight is 660 g/mol. The van der Waals surface area contributed by atoms with Gasteiger partial charge in [-0.15, -0.1) is 0 Å². The second-order valence-electron chi connectivity index (χ2n) is 13.0. The van der Waals surface area contributed by atoms with Crippen LogP contribution in [0.5, 0.6) is 11.5 Å². The van der Waals surface area contributed by atoms with Crippen LogP contribution in [0.25, 0.3) is 5.76 Å². The zero-order valence-corrected chi connectivity index (χ0v) is 27.0. The Bertz CT molecular complexity index is 1890. The van der Waals surface area contributed by atoms with Crippen molar-refractivity contribution in [1.29, 1.82) is 5.26 Å². The van der Waals surface area contributed by atoms with Gasteiger partial charge in [0.2, 0.25) is 0 Å². The first kappa shape index (κ1) is 33.9. The lowest BCUT2D eigenvalue weighted by molar-refractivity contribution is -0.139. The van der Waals surface area contributed by atoms with Crippen LogP contribution in [0.3, 0.4) is 0 Å². The Morgan fingerprint density at radius 1 is 1.10 bits per heavy atom. The number of phenolic OH excluding ortho intramolecular Hbond substituents is 1. The number of phenols is 1. The maximum atomic E-state index is 14.6. The third kappa shape index (κ3) is 4.67. The fraction of sp³-hybridized carbons (Fsp3) is 0.364. The van der Waals surface area contributed by atoms with Crippen molar-refractivity contribution in [3.05, 3.63) is 69.5 Å². The Balaban J connectivity index is 1.67. The number of ketones is 2. The van der Waals surface area contributed by atoms with E-state index >= 15 is 0 Å². The lowest BCUT2D eigenvalue weighted by Crippen LogP contribution is -2.80. The Kier molecular flexibility index (Phi) is 8.04. The van der Waals surface area contributed by atoms with Gasteiger partial charge in [0.1, 0.15) is 28.6 Å². The number of nitrogens with two attached hydrogens (primary N) is 3. The van der Waals surface area contributed by atoms with Crippen molar-refractivity contribution in [1.82, 2.24) is 10.2 Å². The lowest BCUT2D eigenvalue weighted by Gasteiger charge is -2.58. The number of aromatic hydroxyl groups is 1. The number of anilines is 1. The molecule has 15 nitrogen and oxygen atoms in total. The fourth-order valence-corrected chi connectivity index (χ4v) is 7.39. The van der Waals surface area contributed by atoms with Crippen LogP contribution in [0.4, 0.5) is 10.5 Å². The molecule has 5 rings (SSSR count). The Labute approximate surface area is 275 Å². The Morgan fingerprint density at radius 2 is 1.73 bits per heavy atom. The number of carbonyl (C=O) groups excluding carboxylic acids is 4. The van der Waals surface area contributed by atoms with E-state index in [-0.39, 0.29) is 24.1 Å². The molecule has 0 aromatic heterocycles. The van der Waals surface area contributed by atoms with E-state index in [1.165, 1.54) is 19.0 Å². The number of fused-ring (bicyclic) bond motifs is 3. The molecule has 48 heavy (non-hydrogen) atoms. The Hall–Kier alpha value is -5.43. The number of rotatable bonds is 6.